The molecule has 1 atom stereocenters. The molecule has 24 heavy (non-hydrogen) atoms. The van der Waals surface area contributed by atoms with Gasteiger partial charge in [-0.2, -0.15) is 0 Å². The zero-order chi connectivity index (χ0) is 17.1. The molecule has 1 aliphatic heterocycles. The Morgan fingerprint density at radius 1 is 1.38 bits per heavy atom. The molecular weight excluding hydrogens is 304 g/mol. The van der Waals surface area contributed by atoms with Gasteiger partial charge in [0.05, 0.1) is 18.3 Å². The summed E-state index contributed by atoms with van der Waals surface area (Å²) in [5, 5.41) is 14.0. The normalized spacial score (nSPS) is 18.4. The van der Waals surface area contributed by atoms with Crippen LogP contribution in [0.3, 0.4) is 0 Å². The Labute approximate surface area is 143 Å². The van der Waals surface area contributed by atoms with Gasteiger partial charge >= 0.3 is 0 Å². The third-order valence-corrected chi connectivity index (χ3v) is 4.54. The van der Waals surface area contributed by atoms with Crippen molar-refractivity contribution in [1.82, 2.24) is 10.1 Å². The molecule has 0 radical (unpaired) electrons. The molecule has 1 aliphatic rings. The lowest BCUT2D eigenvalue weighted by Crippen LogP contribution is -2.22. The molecule has 0 bridgehead atoms. The third-order valence-electron chi connectivity index (χ3n) is 4.54. The van der Waals surface area contributed by atoms with Crippen LogP contribution in [0.4, 0.5) is 0 Å². The molecule has 0 spiro atoms. The van der Waals surface area contributed by atoms with Crippen LogP contribution in [0.15, 0.2) is 28.8 Å². The highest BCUT2D eigenvalue weighted by atomic mass is 16.5. The number of hydrogen-bond donors (Lipinski definition) is 1. The van der Waals surface area contributed by atoms with Gasteiger partial charge in [-0.1, -0.05) is 25.1 Å². The fourth-order valence-electron chi connectivity index (χ4n) is 3.23. The van der Waals surface area contributed by atoms with Gasteiger partial charge in [-0.05, 0) is 49.9 Å². The number of nitrogens with zero attached hydrogens (tertiary/aromatic N) is 2. The molecule has 2 aromatic rings. The van der Waals surface area contributed by atoms with Crippen LogP contribution in [0.5, 0.6) is 11.5 Å². The van der Waals surface area contributed by atoms with E-state index in [4.69, 9.17) is 9.26 Å². The van der Waals surface area contributed by atoms with Gasteiger partial charge in [0, 0.05) is 12.6 Å². The minimum absolute atomic E-state index is 0.190. The standard InChI is InChI=1S/C19H26N2O3/c1-4-23-19-10-14(7-8-17(19)22)12-21-9-5-6-16(21)18-11-15(13(2)3)20-24-18/h7-8,10-11,13,16,22H,4-6,9,12H2,1-3H3/t16-/m0/s1. The third kappa shape index (κ3) is 3.56. The lowest BCUT2D eigenvalue weighted by atomic mass is 10.1. The first-order chi connectivity index (χ1) is 11.6. The van der Waals surface area contributed by atoms with Crippen LogP contribution in [0.2, 0.25) is 0 Å². The molecule has 0 saturated carbocycles. The van der Waals surface area contributed by atoms with E-state index in [1.807, 2.05) is 19.1 Å². The Morgan fingerprint density at radius 3 is 2.92 bits per heavy atom. The van der Waals surface area contributed by atoms with E-state index in [1.54, 1.807) is 6.07 Å². The molecule has 1 aromatic heterocycles. The average molecular weight is 330 g/mol. The summed E-state index contributed by atoms with van der Waals surface area (Å²) in [5.74, 6) is 2.08. The summed E-state index contributed by atoms with van der Waals surface area (Å²) in [4.78, 5) is 2.41. The Hall–Kier alpha value is -2.01. The van der Waals surface area contributed by atoms with Crippen molar-refractivity contribution in [2.75, 3.05) is 13.2 Å². The van der Waals surface area contributed by atoms with E-state index in [0.717, 1.165) is 42.9 Å². The zero-order valence-electron chi connectivity index (χ0n) is 14.7. The molecule has 1 fully saturated rings. The molecule has 3 rings (SSSR count). The first-order valence-corrected chi connectivity index (χ1v) is 8.73. The van der Waals surface area contributed by atoms with E-state index in [0.29, 0.717) is 18.3 Å². The molecule has 5 nitrogen and oxygen atoms in total. The number of hydrogen-bond acceptors (Lipinski definition) is 5. The second-order valence-corrected chi connectivity index (χ2v) is 6.67. The van der Waals surface area contributed by atoms with Gasteiger partial charge in [0.15, 0.2) is 17.3 Å². The van der Waals surface area contributed by atoms with E-state index in [2.05, 4.69) is 30.0 Å². The number of aromatic nitrogens is 1. The van der Waals surface area contributed by atoms with Crippen LogP contribution < -0.4 is 4.74 Å². The van der Waals surface area contributed by atoms with Gasteiger partial charge in [-0.15, -0.1) is 0 Å². The fraction of sp³-hybridized carbons (Fsp3) is 0.526. The number of benzene rings is 1. The molecule has 0 amide bonds. The van der Waals surface area contributed by atoms with Gasteiger partial charge in [-0.3, -0.25) is 4.90 Å². The van der Waals surface area contributed by atoms with E-state index >= 15 is 0 Å². The fourth-order valence-corrected chi connectivity index (χ4v) is 3.23. The van der Waals surface area contributed by atoms with Crippen molar-refractivity contribution in [2.24, 2.45) is 0 Å². The van der Waals surface area contributed by atoms with Gasteiger partial charge < -0.3 is 14.4 Å². The van der Waals surface area contributed by atoms with Crippen LogP contribution in [0, 0.1) is 0 Å². The maximum Gasteiger partial charge on any atom is 0.161 e. The number of ether oxygens (including phenoxy) is 1. The predicted molar refractivity (Wildman–Crippen MR) is 92.3 cm³/mol. The van der Waals surface area contributed by atoms with Crippen LogP contribution in [0.1, 0.15) is 62.6 Å². The van der Waals surface area contributed by atoms with Crippen LogP contribution in [-0.2, 0) is 6.54 Å². The lowest BCUT2D eigenvalue weighted by molar-refractivity contribution is 0.206. The van der Waals surface area contributed by atoms with E-state index in [1.165, 1.54) is 0 Å². The summed E-state index contributed by atoms with van der Waals surface area (Å²) in [6, 6.07) is 7.95. The number of aromatic hydroxyl groups is 1. The highest BCUT2D eigenvalue weighted by molar-refractivity contribution is 5.41. The highest BCUT2D eigenvalue weighted by Gasteiger charge is 2.29. The van der Waals surface area contributed by atoms with Crippen molar-refractivity contribution < 1.29 is 14.4 Å². The SMILES string of the molecule is CCOc1cc(CN2CCC[C@H]2c2cc(C(C)C)no2)ccc1O. The van der Waals surface area contributed by atoms with E-state index in [9.17, 15) is 5.11 Å². The summed E-state index contributed by atoms with van der Waals surface area (Å²) in [6.07, 6.45) is 2.24. The number of phenolic OH excluding ortho intramolecular Hbond substituents is 1. The van der Waals surface area contributed by atoms with Crippen LogP contribution in [0.25, 0.3) is 0 Å². The number of rotatable bonds is 6. The van der Waals surface area contributed by atoms with Gasteiger partial charge in [0.1, 0.15) is 0 Å². The number of phenols is 1. The van der Waals surface area contributed by atoms with E-state index < -0.39 is 0 Å². The van der Waals surface area contributed by atoms with Crippen molar-refractivity contribution in [2.45, 2.75) is 52.1 Å². The molecule has 0 unspecified atom stereocenters. The topological polar surface area (TPSA) is 58.7 Å². The predicted octanol–water partition coefficient (Wildman–Crippen LogP) is 4.24. The van der Waals surface area contributed by atoms with Crippen molar-refractivity contribution in [1.29, 1.82) is 0 Å². The van der Waals surface area contributed by atoms with Gasteiger partial charge in [-0.25, -0.2) is 0 Å². The maximum atomic E-state index is 9.85. The zero-order valence-corrected chi connectivity index (χ0v) is 14.7. The average Bonchev–Trinajstić information content (AvgIpc) is 3.19. The Morgan fingerprint density at radius 2 is 2.21 bits per heavy atom. The highest BCUT2D eigenvalue weighted by Crippen LogP contribution is 2.35. The maximum absolute atomic E-state index is 9.85. The molecule has 1 aromatic carbocycles. The Kier molecular flexibility index (Phi) is 5.09. The quantitative estimate of drug-likeness (QED) is 0.858. The first-order valence-electron chi connectivity index (χ1n) is 8.73. The molecule has 5 heteroatoms. The second kappa shape index (κ2) is 7.26. The van der Waals surface area contributed by atoms with Crippen molar-refractivity contribution in [3.8, 4) is 11.5 Å². The summed E-state index contributed by atoms with van der Waals surface area (Å²) < 4.78 is 11.1. The monoisotopic (exact) mass is 330 g/mol. The Bertz CT molecular complexity index is 681. The molecule has 0 aliphatic carbocycles. The minimum atomic E-state index is 0.190. The molecule has 1 N–H and O–H groups in total. The van der Waals surface area contributed by atoms with E-state index in [-0.39, 0.29) is 11.8 Å². The molecule has 1 saturated heterocycles. The summed E-state index contributed by atoms with van der Waals surface area (Å²) >= 11 is 0. The Balaban J connectivity index is 1.75. The number of likely N-dealkylation sites (tertiary alicyclic amines) is 1. The molecule has 130 valence electrons. The van der Waals surface area contributed by atoms with Crippen molar-refractivity contribution in [3.05, 3.63) is 41.3 Å². The van der Waals surface area contributed by atoms with Crippen molar-refractivity contribution in [3.63, 3.8) is 0 Å². The largest absolute Gasteiger partial charge is 0.504 e. The second-order valence-electron chi connectivity index (χ2n) is 6.67. The summed E-state index contributed by atoms with van der Waals surface area (Å²) in [7, 11) is 0. The smallest absolute Gasteiger partial charge is 0.161 e. The van der Waals surface area contributed by atoms with Gasteiger partial charge in [0.2, 0.25) is 0 Å². The van der Waals surface area contributed by atoms with Gasteiger partial charge in [0.25, 0.3) is 0 Å². The summed E-state index contributed by atoms with van der Waals surface area (Å²) in [5.41, 5.74) is 2.15. The first kappa shape index (κ1) is 16.8. The molecule has 2 heterocycles. The van der Waals surface area contributed by atoms with Crippen molar-refractivity contribution >= 4 is 0 Å². The summed E-state index contributed by atoms with van der Waals surface area (Å²) in [6.45, 7) is 8.55. The minimum Gasteiger partial charge on any atom is -0.504 e. The van der Waals surface area contributed by atoms with Crippen LogP contribution >= 0.6 is 0 Å². The molecular formula is C19H26N2O3. The lowest BCUT2D eigenvalue weighted by Gasteiger charge is -2.22. The van der Waals surface area contributed by atoms with Crippen LogP contribution in [-0.4, -0.2) is 28.3 Å².